The second kappa shape index (κ2) is 8.36. The molecule has 2 aromatic carbocycles. The molecule has 5 nitrogen and oxygen atoms in total. The molecule has 27 heavy (non-hydrogen) atoms. The topological polar surface area (TPSA) is 62.6 Å². The highest BCUT2D eigenvalue weighted by atomic mass is 16.3. The Balaban J connectivity index is 1.77. The van der Waals surface area contributed by atoms with E-state index in [1.54, 1.807) is 47.6 Å². The van der Waals surface area contributed by atoms with Gasteiger partial charge in [0, 0.05) is 23.4 Å². The van der Waals surface area contributed by atoms with Crippen LogP contribution in [-0.2, 0) is 6.54 Å². The maximum atomic E-state index is 13.0. The molecule has 1 heterocycles. The number of furan rings is 1. The number of carbonyl (C=O) groups excluding carboxylic acids is 2. The van der Waals surface area contributed by atoms with Gasteiger partial charge in [0.2, 0.25) is 0 Å². The summed E-state index contributed by atoms with van der Waals surface area (Å²) in [5.41, 5.74) is 2.84. The zero-order valence-electron chi connectivity index (χ0n) is 15.4. The van der Waals surface area contributed by atoms with Gasteiger partial charge in [-0.25, -0.2) is 0 Å². The molecule has 1 N–H and O–H groups in total. The predicted molar refractivity (Wildman–Crippen MR) is 105 cm³/mol. The third-order valence-electron chi connectivity index (χ3n) is 4.25. The molecular formula is C22H22N2O3. The minimum absolute atomic E-state index is 0.135. The van der Waals surface area contributed by atoms with E-state index in [4.69, 9.17) is 4.42 Å². The third kappa shape index (κ3) is 4.44. The van der Waals surface area contributed by atoms with Crippen molar-refractivity contribution in [2.45, 2.75) is 20.4 Å². The van der Waals surface area contributed by atoms with Crippen LogP contribution < -0.4 is 10.2 Å². The normalized spacial score (nSPS) is 10.4. The summed E-state index contributed by atoms with van der Waals surface area (Å²) in [7, 11) is 0. The predicted octanol–water partition coefficient (Wildman–Crippen LogP) is 4.18. The van der Waals surface area contributed by atoms with Gasteiger partial charge >= 0.3 is 0 Å². The molecule has 0 atom stereocenters. The van der Waals surface area contributed by atoms with Crippen LogP contribution in [-0.4, -0.2) is 18.4 Å². The SMILES string of the molecule is CCN(C(=O)c1cccc(C(=O)NCc2ccco2)c1)c1cccc(C)c1. The summed E-state index contributed by atoms with van der Waals surface area (Å²) in [6.45, 7) is 4.76. The van der Waals surface area contributed by atoms with Crippen LogP contribution in [0.5, 0.6) is 0 Å². The molecular weight excluding hydrogens is 340 g/mol. The lowest BCUT2D eigenvalue weighted by atomic mass is 10.1. The number of nitrogens with one attached hydrogen (secondary N) is 1. The largest absolute Gasteiger partial charge is 0.467 e. The van der Waals surface area contributed by atoms with Crippen LogP contribution in [0.3, 0.4) is 0 Å². The molecule has 138 valence electrons. The molecule has 1 aromatic heterocycles. The zero-order valence-corrected chi connectivity index (χ0v) is 15.4. The van der Waals surface area contributed by atoms with Gasteiger partial charge in [-0.2, -0.15) is 0 Å². The van der Waals surface area contributed by atoms with Crippen molar-refractivity contribution < 1.29 is 14.0 Å². The lowest BCUT2D eigenvalue weighted by Gasteiger charge is -2.21. The number of amides is 2. The molecule has 0 radical (unpaired) electrons. The average molecular weight is 362 g/mol. The molecule has 3 aromatic rings. The number of benzene rings is 2. The zero-order chi connectivity index (χ0) is 19.2. The van der Waals surface area contributed by atoms with Crippen molar-refractivity contribution in [1.82, 2.24) is 5.32 Å². The van der Waals surface area contributed by atoms with Gasteiger partial charge in [0.05, 0.1) is 12.8 Å². The highest BCUT2D eigenvalue weighted by Crippen LogP contribution is 2.19. The fourth-order valence-electron chi connectivity index (χ4n) is 2.87. The van der Waals surface area contributed by atoms with Gasteiger partial charge in [-0.3, -0.25) is 9.59 Å². The highest BCUT2D eigenvalue weighted by Gasteiger charge is 2.17. The average Bonchev–Trinajstić information content (AvgIpc) is 3.20. The van der Waals surface area contributed by atoms with Gasteiger partial charge in [0.25, 0.3) is 11.8 Å². The van der Waals surface area contributed by atoms with Crippen molar-refractivity contribution in [3.8, 4) is 0 Å². The van der Waals surface area contributed by atoms with Crippen LogP contribution in [0.1, 0.15) is 39.0 Å². The van der Waals surface area contributed by atoms with E-state index < -0.39 is 0 Å². The Morgan fingerprint density at radius 1 is 1.00 bits per heavy atom. The molecule has 0 spiro atoms. The summed E-state index contributed by atoms with van der Waals surface area (Å²) < 4.78 is 5.21. The number of aryl methyl sites for hydroxylation is 1. The minimum atomic E-state index is -0.250. The van der Waals surface area contributed by atoms with E-state index in [9.17, 15) is 9.59 Å². The van der Waals surface area contributed by atoms with Crippen molar-refractivity contribution in [2.75, 3.05) is 11.4 Å². The molecule has 0 saturated carbocycles. The number of rotatable bonds is 6. The fourth-order valence-corrected chi connectivity index (χ4v) is 2.87. The van der Waals surface area contributed by atoms with Crippen LogP contribution in [0.15, 0.2) is 71.3 Å². The fraction of sp³-hybridized carbons (Fsp3) is 0.182. The second-order valence-electron chi connectivity index (χ2n) is 6.23. The van der Waals surface area contributed by atoms with Crippen LogP contribution in [0.25, 0.3) is 0 Å². The summed E-state index contributed by atoms with van der Waals surface area (Å²) in [5, 5.41) is 2.79. The van der Waals surface area contributed by atoms with Crippen LogP contribution >= 0.6 is 0 Å². The van der Waals surface area contributed by atoms with E-state index in [-0.39, 0.29) is 11.8 Å². The standard InChI is InChI=1S/C22H22N2O3/c1-3-24(19-10-4-7-16(2)13-19)22(26)18-9-5-8-17(14-18)21(25)23-15-20-11-6-12-27-20/h4-14H,3,15H2,1-2H3,(H,23,25). The maximum absolute atomic E-state index is 13.0. The van der Waals surface area contributed by atoms with E-state index in [0.717, 1.165) is 11.3 Å². The van der Waals surface area contributed by atoms with Gasteiger partial charge in [0.15, 0.2) is 0 Å². The van der Waals surface area contributed by atoms with Crippen molar-refractivity contribution in [1.29, 1.82) is 0 Å². The Labute approximate surface area is 158 Å². The van der Waals surface area contributed by atoms with Crippen LogP contribution in [0.4, 0.5) is 5.69 Å². The number of nitrogens with zero attached hydrogens (tertiary/aromatic N) is 1. The number of anilines is 1. The summed E-state index contributed by atoms with van der Waals surface area (Å²) >= 11 is 0. The van der Waals surface area contributed by atoms with E-state index >= 15 is 0 Å². The Morgan fingerprint density at radius 3 is 2.48 bits per heavy atom. The smallest absolute Gasteiger partial charge is 0.258 e. The monoisotopic (exact) mass is 362 g/mol. The molecule has 3 rings (SSSR count). The first-order valence-electron chi connectivity index (χ1n) is 8.87. The van der Waals surface area contributed by atoms with Crippen molar-refractivity contribution in [3.05, 3.63) is 89.4 Å². The molecule has 0 fully saturated rings. The van der Waals surface area contributed by atoms with Crippen LogP contribution in [0, 0.1) is 6.92 Å². The summed E-state index contributed by atoms with van der Waals surface area (Å²) in [4.78, 5) is 27.1. The van der Waals surface area contributed by atoms with Crippen LogP contribution in [0.2, 0.25) is 0 Å². The molecule has 0 saturated heterocycles. The van der Waals surface area contributed by atoms with Gasteiger partial charge in [0.1, 0.15) is 5.76 Å². The van der Waals surface area contributed by atoms with Gasteiger partial charge in [-0.1, -0.05) is 18.2 Å². The first kappa shape index (κ1) is 18.5. The Morgan fingerprint density at radius 2 is 1.78 bits per heavy atom. The number of hydrogen-bond donors (Lipinski definition) is 1. The van der Waals surface area contributed by atoms with E-state index in [2.05, 4.69) is 5.32 Å². The Bertz CT molecular complexity index is 932. The van der Waals surface area contributed by atoms with Crippen molar-refractivity contribution >= 4 is 17.5 Å². The summed E-state index contributed by atoms with van der Waals surface area (Å²) in [5.74, 6) is 0.288. The minimum Gasteiger partial charge on any atom is -0.467 e. The Hall–Kier alpha value is -3.34. The third-order valence-corrected chi connectivity index (χ3v) is 4.25. The maximum Gasteiger partial charge on any atom is 0.258 e. The molecule has 0 aliphatic heterocycles. The van der Waals surface area contributed by atoms with E-state index in [1.165, 1.54) is 0 Å². The number of hydrogen-bond acceptors (Lipinski definition) is 3. The molecule has 0 aliphatic rings. The van der Waals surface area contributed by atoms with Crippen molar-refractivity contribution in [3.63, 3.8) is 0 Å². The van der Waals surface area contributed by atoms with Gasteiger partial charge < -0.3 is 14.6 Å². The lowest BCUT2D eigenvalue weighted by molar-refractivity contribution is 0.0948. The lowest BCUT2D eigenvalue weighted by Crippen LogP contribution is -2.31. The van der Waals surface area contributed by atoms with Gasteiger partial charge in [-0.05, 0) is 61.9 Å². The summed E-state index contributed by atoms with van der Waals surface area (Å²) in [6.07, 6.45) is 1.56. The molecule has 5 heteroatoms. The van der Waals surface area contributed by atoms with E-state index in [1.807, 2.05) is 38.1 Å². The van der Waals surface area contributed by atoms with Crippen molar-refractivity contribution in [2.24, 2.45) is 0 Å². The summed E-state index contributed by atoms with van der Waals surface area (Å²) in [6, 6.07) is 18.1. The Kier molecular flexibility index (Phi) is 5.71. The van der Waals surface area contributed by atoms with Gasteiger partial charge in [-0.15, -0.1) is 0 Å². The molecule has 0 aliphatic carbocycles. The van der Waals surface area contributed by atoms with E-state index in [0.29, 0.717) is 30.0 Å². The second-order valence-corrected chi connectivity index (χ2v) is 6.23. The first-order valence-corrected chi connectivity index (χ1v) is 8.87. The quantitative estimate of drug-likeness (QED) is 0.715. The molecule has 0 unspecified atom stereocenters. The number of carbonyl (C=O) groups is 2. The first-order chi connectivity index (χ1) is 13.1. The molecule has 2 amide bonds. The molecule has 0 bridgehead atoms. The highest BCUT2D eigenvalue weighted by molar-refractivity contribution is 6.07.